The topological polar surface area (TPSA) is 54.5 Å². The SMILES string of the molecule is CC(=O)Nc1nc(CN2CCO[C@H](CCc3ccccc3)C2)cs1. The van der Waals surface area contributed by atoms with Crippen LogP contribution in [0.25, 0.3) is 0 Å². The van der Waals surface area contributed by atoms with E-state index in [9.17, 15) is 4.79 Å². The van der Waals surface area contributed by atoms with Gasteiger partial charge < -0.3 is 10.1 Å². The molecule has 0 saturated carbocycles. The minimum absolute atomic E-state index is 0.0803. The number of thiazole rings is 1. The Morgan fingerprint density at radius 2 is 2.25 bits per heavy atom. The van der Waals surface area contributed by atoms with Gasteiger partial charge in [-0.25, -0.2) is 4.98 Å². The molecule has 0 spiro atoms. The summed E-state index contributed by atoms with van der Waals surface area (Å²) in [7, 11) is 0. The van der Waals surface area contributed by atoms with Crippen LogP contribution >= 0.6 is 11.3 Å². The lowest BCUT2D eigenvalue weighted by Gasteiger charge is -2.32. The van der Waals surface area contributed by atoms with Gasteiger partial charge in [-0.1, -0.05) is 30.3 Å². The van der Waals surface area contributed by atoms with Gasteiger partial charge in [0, 0.05) is 31.9 Å². The van der Waals surface area contributed by atoms with Gasteiger partial charge in [0.1, 0.15) is 0 Å². The second kappa shape index (κ2) is 8.37. The molecular weight excluding hydrogens is 322 g/mol. The Balaban J connectivity index is 1.48. The Kier molecular flexibility index (Phi) is 5.96. The van der Waals surface area contributed by atoms with Crippen LogP contribution in [-0.4, -0.2) is 41.6 Å². The van der Waals surface area contributed by atoms with E-state index in [0.29, 0.717) is 5.13 Å². The summed E-state index contributed by atoms with van der Waals surface area (Å²) in [6.45, 7) is 4.93. The van der Waals surface area contributed by atoms with Crippen molar-refractivity contribution in [2.24, 2.45) is 0 Å². The molecule has 24 heavy (non-hydrogen) atoms. The average Bonchev–Trinajstić information content (AvgIpc) is 3.00. The highest BCUT2D eigenvalue weighted by Gasteiger charge is 2.21. The third-order valence-corrected chi connectivity index (χ3v) is 4.85. The molecule has 1 saturated heterocycles. The molecule has 1 aromatic heterocycles. The molecule has 128 valence electrons. The summed E-state index contributed by atoms with van der Waals surface area (Å²) in [6.07, 6.45) is 2.35. The van der Waals surface area contributed by atoms with Crippen molar-refractivity contribution in [1.82, 2.24) is 9.88 Å². The van der Waals surface area contributed by atoms with E-state index in [-0.39, 0.29) is 12.0 Å². The van der Waals surface area contributed by atoms with Crippen molar-refractivity contribution in [3.63, 3.8) is 0 Å². The second-order valence-corrected chi connectivity index (χ2v) is 6.94. The van der Waals surface area contributed by atoms with Gasteiger partial charge in [0.15, 0.2) is 5.13 Å². The molecule has 3 rings (SSSR count). The van der Waals surface area contributed by atoms with Crippen molar-refractivity contribution >= 4 is 22.4 Å². The maximum atomic E-state index is 11.1. The number of carbonyl (C=O) groups excluding carboxylic acids is 1. The maximum absolute atomic E-state index is 11.1. The molecule has 1 aromatic carbocycles. The van der Waals surface area contributed by atoms with Gasteiger partial charge in [-0.05, 0) is 18.4 Å². The van der Waals surface area contributed by atoms with E-state index in [2.05, 4.69) is 39.5 Å². The van der Waals surface area contributed by atoms with E-state index in [4.69, 9.17) is 4.74 Å². The highest BCUT2D eigenvalue weighted by Crippen LogP contribution is 2.19. The number of carbonyl (C=O) groups is 1. The first-order chi connectivity index (χ1) is 11.7. The Hall–Kier alpha value is -1.76. The molecule has 0 bridgehead atoms. The van der Waals surface area contributed by atoms with Crippen LogP contribution in [0.1, 0.15) is 24.6 Å². The van der Waals surface area contributed by atoms with Gasteiger partial charge in [-0.3, -0.25) is 9.69 Å². The third kappa shape index (κ3) is 5.12. The normalized spacial score (nSPS) is 18.5. The van der Waals surface area contributed by atoms with Crippen molar-refractivity contribution in [2.45, 2.75) is 32.4 Å². The van der Waals surface area contributed by atoms with Crippen LogP contribution in [0.4, 0.5) is 5.13 Å². The smallest absolute Gasteiger partial charge is 0.223 e. The Labute approximate surface area is 146 Å². The van der Waals surface area contributed by atoms with Crippen molar-refractivity contribution in [1.29, 1.82) is 0 Å². The van der Waals surface area contributed by atoms with Gasteiger partial charge in [0.25, 0.3) is 0 Å². The van der Waals surface area contributed by atoms with E-state index in [1.807, 2.05) is 11.4 Å². The predicted octanol–water partition coefficient (Wildman–Crippen LogP) is 2.94. The molecule has 2 heterocycles. The summed E-state index contributed by atoms with van der Waals surface area (Å²) in [5, 5.41) is 5.42. The Morgan fingerprint density at radius 1 is 1.42 bits per heavy atom. The number of nitrogens with zero attached hydrogens (tertiary/aromatic N) is 2. The standard InChI is InChI=1S/C18H23N3O2S/c1-14(22)19-18-20-16(13-24-18)11-21-9-10-23-17(12-21)8-7-15-5-3-2-4-6-15/h2-6,13,17H,7-12H2,1H3,(H,19,20,22)/t17-/m1/s1. The number of amides is 1. The van der Waals surface area contributed by atoms with Crippen LogP contribution in [0.3, 0.4) is 0 Å². The van der Waals surface area contributed by atoms with Crippen LogP contribution in [0.2, 0.25) is 0 Å². The highest BCUT2D eigenvalue weighted by molar-refractivity contribution is 7.13. The summed E-state index contributed by atoms with van der Waals surface area (Å²) >= 11 is 1.47. The zero-order chi connectivity index (χ0) is 16.8. The summed E-state index contributed by atoms with van der Waals surface area (Å²) < 4.78 is 5.91. The molecule has 1 atom stereocenters. The van der Waals surface area contributed by atoms with Crippen LogP contribution < -0.4 is 5.32 Å². The van der Waals surface area contributed by atoms with E-state index in [0.717, 1.165) is 44.8 Å². The number of hydrogen-bond donors (Lipinski definition) is 1. The molecule has 1 fully saturated rings. The number of ether oxygens (including phenoxy) is 1. The van der Waals surface area contributed by atoms with Crippen LogP contribution in [0.5, 0.6) is 0 Å². The number of hydrogen-bond acceptors (Lipinski definition) is 5. The molecule has 1 aliphatic heterocycles. The number of aryl methyl sites for hydroxylation is 1. The van der Waals surface area contributed by atoms with Gasteiger partial charge >= 0.3 is 0 Å². The first-order valence-electron chi connectivity index (χ1n) is 8.29. The average molecular weight is 345 g/mol. The largest absolute Gasteiger partial charge is 0.376 e. The fourth-order valence-electron chi connectivity index (χ4n) is 2.89. The van der Waals surface area contributed by atoms with Crippen molar-refractivity contribution in [2.75, 3.05) is 25.0 Å². The number of benzene rings is 1. The van der Waals surface area contributed by atoms with E-state index in [1.165, 1.54) is 23.8 Å². The van der Waals surface area contributed by atoms with Crippen molar-refractivity contribution in [3.8, 4) is 0 Å². The molecule has 5 nitrogen and oxygen atoms in total. The number of aromatic nitrogens is 1. The minimum Gasteiger partial charge on any atom is -0.376 e. The summed E-state index contributed by atoms with van der Waals surface area (Å²) in [5.41, 5.74) is 2.37. The molecule has 0 unspecified atom stereocenters. The molecule has 1 aliphatic rings. The number of rotatable bonds is 6. The lowest BCUT2D eigenvalue weighted by molar-refractivity contribution is -0.114. The molecule has 0 radical (unpaired) electrons. The quantitative estimate of drug-likeness (QED) is 0.875. The summed E-state index contributed by atoms with van der Waals surface area (Å²) in [4.78, 5) is 17.9. The van der Waals surface area contributed by atoms with Crippen molar-refractivity contribution < 1.29 is 9.53 Å². The molecular formula is C18H23N3O2S. The fraction of sp³-hybridized carbons (Fsp3) is 0.444. The van der Waals surface area contributed by atoms with Gasteiger partial charge in [-0.15, -0.1) is 11.3 Å². The minimum atomic E-state index is -0.0803. The number of nitrogens with one attached hydrogen (secondary N) is 1. The second-order valence-electron chi connectivity index (χ2n) is 6.08. The van der Waals surface area contributed by atoms with E-state index < -0.39 is 0 Å². The number of morpholine rings is 1. The maximum Gasteiger partial charge on any atom is 0.223 e. The highest BCUT2D eigenvalue weighted by atomic mass is 32.1. The van der Waals surface area contributed by atoms with Gasteiger partial charge in [0.2, 0.25) is 5.91 Å². The summed E-state index contributed by atoms with van der Waals surface area (Å²) in [6, 6.07) is 10.5. The van der Waals surface area contributed by atoms with Crippen LogP contribution in [0.15, 0.2) is 35.7 Å². The molecule has 1 amide bonds. The molecule has 6 heteroatoms. The zero-order valence-electron chi connectivity index (χ0n) is 13.9. The first-order valence-corrected chi connectivity index (χ1v) is 9.17. The lowest BCUT2D eigenvalue weighted by atomic mass is 10.1. The van der Waals surface area contributed by atoms with E-state index in [1.54, 1.807) is 0 Å². The summed E-state index contributed by atoms with van der Waals surface area (Å²) in [5.74, 6) is -0.0803. The lowest BCUT2D eigenvalue weighted by Crippen LogP contribution is -2.42. The zero-order valence-corrected chi connectivity index (χ0v) is 14.7. The molecule has 2 aromatic rings. The van der Waals surface area contributed by atoms with E-state index >= 15 is 0 Å². The third-order valence-electron chi connectivity index (χ3n) is 4.04. The molecule has 1 N–H and O–H groups in total. The van der Waals surface area contributed by atoms with Crippen molar-refractivity contribution in [3.05, 3.63) is 47.0 Å². The van der Waals surface area contributed by atoms with Gasteiger partial charge in [-0.2, -0.15) is 0 Å². The first kappa shape index (κ1) is 17.1. The van der Waals surface area contributed by atoms with Gasteiger partial charge in [0.05, 0.1) is 18.4 Å². The monoisotopic (exact) mass is 345 g/mol. The Morgan fingerprint density at radius 3 is 3.04 bits per heavy atom. The van der Waals surface area contributed by atoms with Crippen LogP contribution in [0, 0.1) is 0 Å². The fourth-order valence-corrected chi connectivity index (χ4v) is 3.64. The predicted molar refractivity (Wildman–Crippen MR) is 96.2 cm³/mol. The number of anilines is 1. The van der Waals surface area contributed by atoms with Crippen LogP contribution in [-0.2, 0) is 22.5 Å². The molecule has 0 aliphatic carbocycles. The Bertz CT molecular complexity index is 659.